The van der Waals surface area contributed by atoms with Crippen LogP contribution >= 0.6 is 0 Å². The number of hydrogen-bond acceptors (Lipinski definition) is 3. The molecule has 1 saturated carbocycles. The van der Waals surface area contributed by atoms with Crippen molar-refractivity contribution in [2.24, 2.45) is 5.73 Å². The Morgan fingerprint density at radius 3 is 2.44 bits per heavy atom. The van der Waals surface area contributed by atoms with Crippen LogP contribution in [-0.4, -0.2) is 13.7 Å². The van der Waals surface area contributed by atoms with E-state index >= 15 is 0 Å². The van der Waals surface area contributed by atoms with E-state index in [9.17, 15) is 0 Å². The third-order valence-corrected chi connectivity index (χ3v) is 3.83. The summed E-state index contributed by atoms with van der Waals surface area (Å²) >= 11 is 0. The van der Waals surface area contributed by atoms with E-state index in [-0.39, 0.29) is 5.54 Å². The second kappa shape index (κ2) is 5.19. The molecule has 0 saturated heterocycles. The number of methoxy groups -OCH3 is 1. The molecule has 1 aliphatic carbocycles. The molecule has 1 aliphatic rings. The molecule has 0 radical (unpaired) electrons. The maximum absolute atomic E-state index is 6.54. The molecule has 0 aliphatic heterocycles. The van der Waals surface area contributed by atoms with Crippen LogP contribution in [0, 0.1) is 6.92 Å². The zero-order chi connectivity index (χ0) is 13.2. The van der Waals surface area contributed by atoms with Crippen molar-refractivity contribution in [3.05, 3.63) is 23.3 Å². The van der Waals surface area contributed by atoms with E-state index < -0.39 is 0 Å². The molecule has 1 fully saturated rings. The normalized spacial score (nSPS) is 17.8. The van der Waals surface area contributed by atoms with Crippen molar-refractivity contribution in [1.29, 1.82) is 0 Å². The Balaban J connectivity index is 2.46. The first-order valence-electron chi connectivity index (χ1n) is 6.71. The monoisotopic (exact) mass is 249 g/mol. The number of hydrogen-bond donors (Lipinski definition) is 1. The maximum Gasteiger partial charge on any atom is 0.124 e. The number of nitrogens with two attached hydrogens (primary N) is 1. The highest BCUT2D eigenvalue weighted by atomic mass is 16.5. The lowest BCUT2D eigenvalue weighted by Gasteiger charge is -2.27. The summed E-state index contributed by atoms with van der Waals surface area (Å²) in [6, 6.07) is 4.11. The Morgan fingerprint density at radius 2 is 1.89 bits per heavy atom. The standard InChI is InChI=1S/C15H23NO2/c1-4-18-13-10-12(14(17-3)9-11(13)2)15(16)7-5-6-8-15/h9-10H,4-8,16H2,1-3H3. The number of aryl methyl sites for hydroxylation is 1. The fraction of sp³-hybridized carbons (Fsp3) is 0.600. The van der Waals surface area contributed by atoms with Gasteiger partial charge in [0.15, 0.2) is 0 Å². The molecule has 100 valence electrons. The summed E-state index contributed by atoms with van der Waals surface area (Å²) in [6.07, 6.45) is 4.44. The average Bonchev–Trinajstić information content (AvgIpc) is 2.79. The quantitative estimate of drug-likeness (QED) is 0.891. The molecule has 2 N–H and O–H groups in total. The molecule has 3 heteroatoms. The summed E-state index contributed by atoms with van der Waals surface area (Å²) in [5, 5.41) is 0. The van der Waals surface area contributed by atoms with Gasteiger partial charge in [0.25, 0.3) is 0 Å². The van der Waals surface area contributed by atoms with E-state index in [0.717, 1.165) is 35.5 Å². The molecule has 0 heterocycles. The first kappa shape index (κ1) is 13.2. The van der Waals surface area contributed by atoms with Crippen molar-refractivity contribution >= 4 is 0 Å². The van der Waals surface area contributed by atoms with E-state index in [0.29, 0.717) is 6.61 Å². The van der Waals surface area contributed by atoms with Gasteiger partial charge in [-0.2, -0.15) is 0 Å². The first-order valence-corrected chi connectivity index (χ1v) is 6.71. The van der Waals surface area contributed by atoms with Gasteiger partial charge in [0.2, 0.25) is 0 Å². The van der Waals surface area contributed by atoms with Crippen LogP contribution < -0.4 is 15.2 Å². The molecule has 2 rings (SSSR count). The smallest absolute Gasteiger partial charge is 0.124 e. The van der Waals surface area contributed by atoms with Crippen LogP contribution in [0.15, 0.2) is 12.1 Å². The molecule has 18 heavy (non-hydrogen) atoms. The Bertz CT molecular complexity index is 423. The van der Waals surface area contributed by atoms with Gasteiger partial charge in [0, 0.05) is 11.1 Å². The van der Waals surface area contributed by atoms with Crippen molar-refractivity contribution in [2.45, 2.75) is 45.1 Å². The fourth-order valence-electron chi connectivity index (χ4n) is 2.81. The molecule has 1 aromatic carbocycles. The third kappa shape index (κ3) is 2.32. The van der Waals surface area contributed by atoms with Crippen molar-refractivity contribution in [1.82, 2.24) is 0 Å². The minimum atomic E-state index is -0.245. The zero-order valence-electron chi connectivity index (χ0n) is 11.6. The van der Waals surface area contributed by atoms with Gasteiger partial charge in [-0.25, -0.2) is 0 Å². The summed E-state index contributed by atoms with van der Waals surface area (Å²) in [4.78, 5) is 0. The van der Waals surface area contributed by atoms with Gasteiger partial charge in [-0.1, -0.05) is 12.8 Å². The van der Waals surface area contributed by atoms with E-state index in [1.165, 1.54) is 12.8 Å². The van der Waals surface area contributed by atoms with Crippen LogP contribution in [0.25, 0.3) is 0 Å². The van der Waals surface area contributed by atoms with Crippen molar-refractivity contribution in [2.75, 3.05) is 13.7 Å². The molecule has 0 bridgehead atoms. The van der Waals surface area contributed by atoms with Gasteiger partial charge in [0.05, 0.1) is 13.7 Å². The Morgan fingerprint density at radius 1 is 1.22 bits per heavy atom. The van der Waals surface area contributed by atoms with Crippen LogP contribution in [0.3, 0.4) is 0 Å². The number of benzene rings is 1. The Hall–Kier alpha value is -1.22. The molecule has 0 unspecified atom stereocenters. The SMILES string of the molecule is CCOc1cc(C2(N)CCCC2)c(OC)cc1C. The van der Waals surface area contributed by atoms with Crippen LogP contribution in [0.4, 0.5) is 0 Å². The second-order valence-electron chi connectivity index (χ2n) is 5.11. The lowest BCUT2D eigenvalue weighted by Crippen LogP contribution is -2.33. The predicted molar refractivity (Wildman–Crippen MR) is 73.2 cm³/mol. The highest BCUT2D eigenvalue weighted by molar-refractivity contribution is 5.49. The maximum atomic E-state index is 6.54. The van der Waals surface area contributed by atoms with Crippen molar-refractivity contribution in [3.8, 4) is 11.5 Å². The van der Waals surface area contributed by atoms with Gasteiger partial charge in [-0.15, -0.1) is 0 Å². The van der Waals surface area contributed by atoms with E-state index in [1.807, 2.05) is 19.9 Å². The molecule has 0 atom stereocenters. The summed E-state index contributed by atoms with van der Waals surface area (Å²) in [5.74, 6) is 1.81. The van der Waals surface area contributed by atoms with Crippen LogP contribution in [0.1, 0.15) is 43.7 Å². The first-order chi connectivity index (χ1) is 8.60. The Labute approximate surface area is 109 Å². The van der Waals surface area contributed by atoms with Gasteiger partial charge < -0.3 is 15.2 Å². The summed E-state index contributed by atoms with van der Waals surface area (Å²) in [6.45, 7) is 4.70. The van der Waals surface area contributed by atoms with Crippen molar-refractivity contribution in [3.63, 3.8) is 0 Å². The molecule has 1 aromatic rings. The summed E-state index contributed by atoms with van der Waals surface area (Å²) in [5.41, 5.74) is 8.48. The van der Waals surface area contributed by atoms with Gasteiger partial charge in [-0.3, -0.25) is 0 Å². The number of ether oxygens (including phenoxy) is 2. The molecule has 0 spiro atoms. The molecular weight excluding hydrogens is 226 g/mol. The highest BCUT2D eigenvalue weighted by Gasteiger charge is 2.34. The van der Waals surface area contributed by atoms with Crippen LogP contribution in [0.5, 0.6) is 11.5 Å². The third-order valence-electron chi connectivity index (χ3n) is 3.83. The predicted octanol–water partition coefficient (Wildman–Crippen LogP) is 3.13. The molecule has 0 amide bonds. The van der Waals surface area contributed by atoms with Gasteiger partial charge >= 0.3 is 0 Å². The molecule has 0 aromatic heterocycles. The molecule has 3 nitrogen and oxygen atoms in total. The van der Waals surface area contributed by atoms with Crippen molar-refractivity contribution < 1.29 is 9.47 Å². The minimum absolute atomic E-state index is 0.245. The zero-order valence-corrected chi connectivity index (χ0v) is 11.6. The highest BCUT2D eigenvalue weighted by Crippen LogP contribution is 2.42. The van der Waals surface area contributed by atoms with E-state index in [4.69, 9.17) is 15.2 Å². The lowest BCUT2D eigenvalue weighted by molar-refractivity contribution is 0.331. The largest absolute Gasteiger partial charge is 0.496 e. The molecular formula is C15H23NO2. The lowest BCUT2D eigenvalue weighted by atomic mass is 9.87. The second-order valence-corrected chi connectivity index (χ2v) is 5.11. The Kier molecular flexibility index (Phi) is 3.81. The average molecular weight is 249 g/mol. The van der Waals surface area contributed by atoms with Crippen LogP contribution in [0.2, 0.25) is 0 Å². The van der Waals surface area contributed by atoms with Gasteiger partial charge in [-0.05, 0) is 44.4 Å². The van der Waals surface area contributed by atoms with Crippen LogP contribution in [-0.2, 0) is 5.54 Å². The summed E-state index contributed by atoms with van der Waals surface area (Å²) < 4.78 is 11.2. The minimum Gasteiger partial charge on any atom is -0.496 e. The van der Waals surface area contributed by atoms with Gasteiger partial charge in [0.1, 0.15) is 11.5 Å². The van der Waals surface area contributed by atoms with E-state index in [1.54, 1.807) is 7.11 Å². The summed E-state index contributed by atoms with van der Waals surface area (Å²) in [7, 11) is 1.71. The topological polar surface area (TPSA) is 44.5 Å². The fourth-order valence-corrected chi connectivity index (χ4v) is 2.81. The number of rotatable bonds is 4. The van der Waals surface area contributed by atoms with E-state index in [2.05, 4.69) is 6.07 Å².